The highest BCUT2D eigenvalue weighted by molar-refractivity contribution is 6.10. The standard InChI is InChI=1S/C29H30N2O2/c1-4-33-29(32)28-25-16-23(20-11-5-6-12-20)24(17-26(25)31(3)27(28)18-30-2)22-15-9-13-19-10-7-8-14-21(19)22/h7-11,13-17,30H,4-6,12,18H2,1-3H3. The molecule has 0 saturated heterocycles. The molecule has 1 heterocycles. The van der Waals surface area contributed by atoms with Crippen LogP contribution in [0, 0.1) is 0 Å². The average Bonchev–Trinajstić information content (AvgIpc) is 3.46. The normalized spacial score (nSPS) is 13.6. The molecule has 4 nitrogen and oxygen atoms in total. The van der Waals surface area contributed by atoms with Crippen LogP contribution in [0.5, 0.6) is 0 Å². The van der Waals surface area contributed by atoms with Crippen molar-refractivity contribution in [3.63, 3.8) is 0 Å². The molecular formula is C29H30N2O2. The minimum Gasteiger partial charge on any atom is -0.462 e. The summed E-state index contributed by atoms with van der Waals surface area (Å²) in [4.78, 5) is 13.1. The lowest BCUT2D eigenvalue weighted by molar-refractivity contribution is 0.0527. The first-order valence-electron chi connectivity index (χ1n) is 11.8. The molecule has 0 unspecified atom stereocenters. The van der Waals surface area contributed by atoms with Crippen LogP contribution in [0.4, 0.5) is 0 Å². The van der Waals surface area contributed by atoms with Crippen LogP contribution in [0.25, 0.3) is 38.4 Å². The van der Waals surface area contributed by atoms with Crippen LogP contribution in [-0.2, 0) is 18.3 Å². The molecular weight excluding hydrogens is 408 g/mol. The Morgan fingerprint density at radius 1 is 1.03 bits per heavy atom. The monoisotopic (exact) mass is 438 g/mol. The predicted octanol–water partition coefficient (Wildman–Crippen LogP) is 6.46. The van der Waals surface area contributed by atoms with Gasteiger partial charge in [0.2, 0.25) is 0 Å². The molecule has 0 atom stereocenters. The maximum Gasteiger partial charge on any atom is 0.340 e. The van der Waals surface area contributed by atoms with E-state index in [2.05, 4.69) is 70.6 Å². The van der Waals surface area contributed by atoms with E-state index in [1.54, 1.807) is 0 Å². The summed E-state index contributed by atoms with van der Waals surface area (Å²) in [5.74, 6) is -0.252. The quantitative estimate of drug-likeness (QED) is 0.351. The van der Waals surface area contributed by atoms with E-state index in [9.17, 15) is 4.79 Å². The second-order valence-corrected chi connectivity index (χ2v) is 8.69. The molecule has 1 aliphatic carbocycles. The van der Waals surface area contributed by atoms with Gasteiger partial charge < -0.3 is 14.6 Å². The number of aromatic nitrogens is 1. The number of nitrogens with zero attached hydrogens (tertiary/aromatic N) is 1. The molecule has 0 aliphatic heterocycles. The predicted molar refractivity (Wildman–Crippen MR) is 136 cm³/mol. The highest BCUT2D eigenvalue weighted by Crippen LogP contribution is 2.41. The number of aryl methyl sites for hydroxylation is 1. The topological polar surface area (TPSA) is 43.3 Å². The number of hydrogen-bond acceptors (Lipinski definition) is 3. The summed E-state index contributed by atoms with van der Waals surface area (Å²) in [6.45, 7) is 2.81. The van der Waals surface area contributed by atoms with E-state index in [1.165, 1.54) is 39.5 Å². The second-order valence-electron chi connectivity index (χ2n) is 8.69. The number of esters is 1. The largest absolute Gasteiger partial charge is 0.462 e. The van der Waals surface area contributed by atoms with Crippen LogP contribution in [0.2, 0.25) is 0 Å². The van der Waals surface area contributed by atoms with Gasteiger partial charge in [-0.15, -0.1) is 0 Å². The molecule has 168 valence electrons. The van der Waals surface area contributed by atoms with E-state index in [1.807, 2.05) is 21.0 Å². The fourth-order valence-electron chi connectivity index (χ4n) is 5.20. The summed E-state index contributed by atoms with van der Waals surface area (Å²) in [5.41, 5.74) is 7.72. The third-order valence-corrected chi connectivity index (χ3v) is 6.75. The molecule has 1 N–H and O–H groups in total. The molecule has 5 rings (SSSR count). The van der Waals surface area contributed by atoms with Crippen LogP contribution in [0.3, 0.4) is 0 Å². The average molecular weight is 439 g/mol. The van der Waals surface area contributed by atoms with E-state index in [0.29, 0.717) is 18.7 Å². The van der Waals surface area contributed by atoms with E-state index in [0.717, 1.165) is 29.4 Å². The first kappa shape index (κ1) is 21.5. The zero-order valence-electron chi connectivity index (χ0n) is 19.6. The van der Waals surface area contributed by atoms with Crippen LogP contribution < -0.4 is 5.32 Å². The summed E-state index contributed by atoms with van der Waals surface area (Å²) < 4.78 is 7.62. The maximum absolute atomic E-state index is 13.1. The van der Waals surface area contributed by atoms with E-state index >= 15 is 0 Å². The van der Waals surface area contributed by atoms with Gasteiger partial charge in [0, 0.05) is 30.2 Å². The summed E-state index contributed by atoms with van der Waals surface area (Å²) in [6, 6.07) is 19.6. The third kappa shape index (κ3) is 3.65. The molecule has 3 aromatic carbocycles. The Bertz CT molecular complexity index is 1390. The molecule has 1 aromatic heterocycles. The number of hydrogen-bond donors (Lipinski definition) is 1. The van der Waals surface area contributed by atoms with Crippen molar-refractivity contribution in [3.05, 3.63) is 77.5 Å². The van der Waals surface area contributed by atoms with Gasteiger partial charge in [0.05, 0.1) is 12.2 Å². The van der Waals surface area contributed by atoms with Crippen LogP contribution in [0.1, 0.15) is 47.8 Å². The van der Waals surface area contributed by atoms with Gasteiger partial charge >= 0.3 is 5.97 Å². The fourth-order valence-corrected chi connectivity index (χ4v) is 5.20. The number of carbonyl (C=O) groups excluding carboxylic acids is 1. The van der Waals surface area contributed by atoms with Crippen molar-refractivity contribution in [2.45, 2.75) is 32.7 Å². The summed E-state index contributed by atoms with van der Waals surface area (Å²) in [5, 5.41) is 6.67. The minimum absolute atomic E-state index is 0.252. The van der Waals surface area contributed by atoms with Gasteiger partial charge in [-0.05, 0) is 78.4 Å². The lowest BCUT2D eigenvalue weighted by Gasteiger charge is -2.15. The fraction of sp³-hybridized carbons (Fsp3) is 0.276. The molecule has 4 aromatic rings. The van der Waals surface area contributed by atoms with Crippen molar-refractivity contribution in [2.24, 2.45) is 7.05 Å². The zero-order valence-corrected chi connectivity index (χ0v) is 19.6. The highest BCUT2D eigenvalue weighted by Gasteiger charge is 2.25. The lowest BCUT2D eigenvalue weighted by Crippen LogP contribution is -2.14. The number of benzene rings is 3. The molecule has 0 spiro atoms. The Morgan fingerprint density at radius 3 is 2.61 bits per heavy atom. The van der Waals surface area contributed by atoms with Crippen LogP contribution >= 0.6 is 0 Å². The Morgan fingerprint density at radius 2 is 1.85 bits per heavy atom. The van der Waals surface area contributed by atoms with Gasteiger partial charge in [-0.2, -0.15) is 0 Å². The Kier molecular flexibility index (Phi) is 5.77. The molecule has 0 bridgehead atoms. The van der Waals surface area contributed by atoms with Crippen molar-refractivity contribution in [3.8, 4) is 11.1 Å². The number of fused-ring (bicyclic) bond motifs is 2. The molecule has 0 amide bonds. The molecule has 33 heavy (non-hydrogen) atoms. The van der Waals surface area contributed by atoms with E-state index < -0.39 is 0 Å². The van der Waals surface area contributed by atoms with Crippen molar-refractivity contribution in [1.82, 2.24) is 9.88 Å². The highest BCUT2D eigenvalue weighted by atomic mass is 16.5. The second kappa shape index (κ2) is 8.87. The zero-order chi connectivity index (χ0) is 22.9. The summed E-state index contributed by atoms with van der Waals surface area (Å²) in [7, 11) is 3.95. The number of allylic oxidation sites excluding steroid dienone is 2. The van der Waals surface area contributed by atoms with Gasteiger partial charge in [0.25, 0.3) is 0 Å². The Labute approximate surface area is 194 Å². The molecule has 4 heteroatoms. The van der Waals surface area contributed by atoms with Crippen LogP contribution in [0.15, 0.2) is 60.7 Å². The van der Waals surface area contributed by atoms with Gasteiger partial charge in [-0.25, -0.2) is 4.79 Å². The van der Waals surface area contributed by atoms with Gasteiger partial charge in [-0.3, -0.25) is 0 Å². The Hall–Kier alpha value is -3.37. The Balaban J connectivity index is 1.85. The van der Waals surface area contributed by atoms with Crippen molar-refractivity contribution in [2.75, 3.05) is 13.7 Å². The first-order chi connectivity index (χ1) is 16.1. The SMILES string of the molecule is CCOC(=O)c1c(CNC)n(C)c2cc(-c3cccc4ccccc34)c(C3=CCCC3)cc12. The number of nitrogens with one attached hydrogen (secondary N) is 1. The van der Waals surface area contributed by atoms with Gasteiger partial charge in [0.15, 0.2) is 0 Å². The van der Waals surface area contributed by atoms with Crippen LogP contribution in [-0.4, -0.2) is 24.2 Å². The minimum atomic E-state index is -0.252. The third-order valence-electron chi connectivity index (χ3n) is 6.75. The van der Waals surface area contributed by atoms with E-state index in [4.69, 9.17) is 4.74 Å². The molecule has 0 radical (unpaired) electrons. The molecule has 0 fully saturated rings. The number of carbonyl (C=O) groups is 1. The van der Waals surface area contributed by atoms with Crippen molar-refractivity contribution < 1.29 is 9.53 Å². The smallest absolute Gasteiger partial charge is 0.340 e. The van der Waals surface area contributed by atoms with E-state index in [-0.39, 0.29) is 5.97 Å². The van der Waals surface area contributed by atoms with Gasteiger partial charge in [-0.1, -0.05) is 48.5 Å². The van der Waals surface area contributed by atoms with Crippen molar-refractivity contribution >= 4 is 33.2 Å². The number of ether oxygens (including phenoxy) is 1. The molecule has 0 saturated carbocycles. The molecule has 1 aliphatic rings. The number of rotatable bonds is 6. The summed E-state index contributed by atoms with van der Waals surface area (Å²) >= 11 is 0. The maximum atomic E-state index is 13.1. The van der Waals surface area contributed by atoms with Crippen molar-refractivity contribution in [1.29, 1.82) is 0 Å². The lowest BCUT2D eigenvalue weighted by atomic mass is 9.89. The van der Waals surface area contributed by atoms with Gasteiger partial charge in [0.1, 0.15) is 0 Å². The first-order valence-corrected chi connectivity index (χ1v) is 11.8. The summed E-state index contributed by atoms with van der Waals surface area (Å²) in [6.07, 6.45) is 5.70.